The molecule has 0 spiro atoms. The zero-order valence-corrected chi connectivity index (χ0v) is 16.5. The number of benzene rings is 2. The average molecular weight is 378 g/mol. The molecule has 5 heteroatoms. The van der Waals surface area contributed by atoms with Crippen molar-refractivity contribution < 1.29 is 9.53 Å². The Hall–Kier alpha value is -2.92. The van der Waals surface area contributed by atoms with Crippen LogP contribution in [-0.2, 0) is 4.79 Å². The molecule has 0 saturated heterocycles. The van der Waals surface area contributed by atoms with E-state index in [9.17, 15) is 4.79 Å². The first kappa shape index (κ1) is 18.9. The van der Waals surface area contributed by atoms with E-state index in [4.69, 9.17) is 4.74 Å². The van der Waals surface area contributed by atoms with Gasteiger partial charge in [0.1, 0.15) is 5.75 Å². The molecule has 0 bridgehead atoms. The summed E-state index contributed by atoms with van der Waals surface area (Å²) in [6.07, 6.45) is 3.28. The highest BCUT2D eigenvalue weighted by molar-refractivity contribution is 7.14. The van der Waals surface area contributed by atoms with E-state index in [-0.39, 0.29) is 5.91 Å². The lowest BCUT2D eigenvalue weighted by molar-refractivity contribution is -0.111. The van der Waals surface area contributed by atoms with Crippen LogP contribution in [0.2, 0.25) is 0 Å². The largest absolute Gasteiger partial charge is 0.494 e. The molecule has 0 radical (unpaired) electrons. The fourth-order valence-electron chi connectivity index (χ4n) is 2.63. The van der Waals surface area contributed by atoms with Gasteiger partial charge in [-0.15, -0.1) is 11.3 Å². The Morgan fingerprint density at radius 1 is 1.19 bits per heavy atom. The molecule has 0 aliphatic carbocycles. The van der Waals surface area contributed by atoms with E-state index >= 15 is 0 Å². The van der Waals surface area contributed by atoms with Crippen molar-refractivity contribution in [1.29, 1.82) is 0 Å². The van der Waals surface area contributed by atoms with Crippen molar-refractivity contribution in [1.82, 2.24) is 4.98 Å². The van der Waals surface area contributed by atoms with Gasteiger partial charge in [0.05, 0.1) is 12.3 Å². The molecule has 0 atom stereocenters. The minimum absolute atomic E-state index is 0.203. The van der Waals surface area contributed by atoms with E-state index in [0.717, 1.165) is 22.6 Å². The monoisotopic (exact) mass is 378 g/mol. The molecule has 27 heavy (non-hydrogen) atoms. The third-order valence-corrected chi connectivity index (χ3v) is 4.78. The second kappa shape index (κ2) is 8.64. The summed E-state index contributed by atoms with van der Waals surface area (Å²) >= 11 is 1.42. The molecule has 0 aliphatic heterocycles. The van der Waals surface area contributed by atoms with Crippen LogP contribution in [0.5, 0.6) is 5.75 Å². The average Bonchev–Trinajstić information content (AvgIpc) is 3.11. The van der Waals surface area contributed by atoms with Crippen LogP contribution < -0.4 is 10.1 Å². The van der Waals surface area contributed by atoms with Crippen molar-refractivity contribution >= 4 is 28.5 Å². The first-order valence-corrected chi connectivity index (χ1v) is 9.68. The first-order valence-electron chi connectivity index (χ1n) is 8.80. The number of hydrogen-bond donors (Lipinski definition) is 1. The van der Waals surface area contributed by atoms with Crippen LogP contribution in [0.15, 0.2) is 53.9 Å². The van der Waals surface area contributed by atoms with Crippen LogP contribution in [-0.4, -0.2) is 17.5 Å². The number of thiazole rings is 1. The Labute approximate surface area is 163 Å². The SMILES string of the molecule is CCOc1ccc(/C=C/C(=O)Nc2nc(-c3cc(C)ccc3C)cs2)cc1. The lowest BCUT2D eigenvalue weighted by atomic mass is 10.0. The van der Waals surface area contributed by atoms with Gasteiger partial charge in [-0.05, 0) is 56.2 Å². The minimum Gasteiger partial charge on any atom is -0.494 e. The van der Waals surface area contributed by atoms with Crippen molar-refractivity contribution in [3.05, 3.63) is 70.6 Å². The Morgan fingerprint density at radius 2 is 1.96 bits per heavy atom. The van der Waals surface area contributed by atoms with Crippen LogP contribution in [0, 0.1) is 13.8 Å². The van der Waals surface area contributed by atoms with Gasteiger partial charge in [-0.2, -0.15) is 0 Å². The van der Waals surface area contributed by atoms with E-state index in [1.165, 1.54) is 28.5 Å². The normalized spacial score (nSPS) is 10.9. The molecule has 2 aromatic carbocycles. The maximum absolute atomic E-state index is 12.2. The number of carbonyl (C=O) groups is 1. The van der Waals surface area contributed by atoms with Gasteiger partial charge in [0.2, 0.25) is 5.91 Å². The number of anilines is 1. The second-order valence-corrected chi connectivity index (χ2v) is 7.04. The van der Waals surface area contributed by atoms with Gasteiger partial charge in [-0.3, -0.25) is 10.1 Å². The summed E-state index contributed by atoms with van der Waals surface area (Å²) in [5.74, 6) is 0.617. The van der Waals surface area contributed by atoms with Crippen LogP contribution in [0.25, 0.3) is 17.3 Å². The van der Waals surface area contributed by atoms with Crippen LogP contribution in [0.1, 0.15) is 23.6 Å². The molecule has 0 aliphatic rings. The Kier molecular flexibility index (Phi) is 6.04. The zero-order chi connectivity index (χ0) is 19.2. The third-order valence-electron chi connectivity index (χ3n) is 4.02. The molecule has 0 saturated carbocycles. The van der Waals surface area contributed by atoms with Gasteiger partial charge in [0, 0.05) is 17.0 Å². The molecule has 4 nitrogen and oxygen atoms in total. The maximum Gasteiger partial charge on any atom is 0.250 e. The molecule has 0 unspecified atom stereocenters. The van der Waals surface area contributed by atoms with Gasteiger partial charge in [0.15, 0.2) is 5.13 Å². The fourth-order valence-corrected chi connectivity index (χ4v) is 3.34. The Balaban J connectivity index is 1.64. The molecule has 3 rings (SSSR count). The van der Waals surface area contributed by atoms with Gasteiger partial charge in [-0.1, -0.05) is 29.8 Å². The van der Waals surface area contributed by atoms with Crippen LogP contribution >= 0.6 is 11.3 Å². The molecule has 1 aromatic heterocycles. The van der Waals surface area contributed by atoms with Gasteiger partial charge >= 0.3 is 0 Å². The van der Waals surface area contributed by atoms with Gasteiger partial charge in [-0.25, -0.2) is 4.98 Å². The number of ether oxygens (including phenoxy) is 1. The van der Waals surface area contributed by atoms with Crippen molar-refractivity contribution in [2.75, 3.05) is 11.9 Å². The molecular weight excluding hydrogens is 356 g/mol. The number of nitrogens with one attached hydrogen (secondary N) is 1. The lowest BCUT2D eigenvalue weighted by Gasteiger charge is -2.03. The number of aromatic nitrogens is 1. The highest BCUT2D eigenvalue weighted by Crippen LogP contribution is 2.28. The molecule has 3 aromatic rings. The molecule has 138 valence electrons. The predicted octanol–water partition coefficient (Wildman–Crippen LogP) is 5.48. The topological polar surface area (TPSA) is 51.2 Å². The number of amides is 1. The summed E-state index contributed by atoms with van der Waals surface area (Å²) in [5.41, 5.74) is 5.26. The minimum atomic E-state index is -0.203. The summed E-state index contributed by atoms with van der Waals surface area (Å²) in [4.78, 5) is 16.7. The standard InChI is InChI=1S/C22H22N2O2S/c1-4-26-18-10-7-17(8-11-18)9-12-21(25)24-22-23-20(14-27-22)19-13-15(2)5-6-16(19)3/h5-14H,4H2,1-3H3,(H,23,24,25)/b12-9+. The van der Waals surface area contributed by atoms with E-state index in [0.29, 0.717) is 11.7 Å². The zero-order valence-electron chi connectivity index (χ0n) is 15.7. The smallest absolute Gasteiger partial charge is 0.250 e. The summed E-state index contributed by atoms with van der Waals surface area (Å²) in [6.45, 7) is 6.70. The highest BCUT2D eigenvalue weighted by Gasteiger charge is 2.09. The Morgan fingerprint density at radius 3 is 2.70 bits per heavy atom. The van der Waals surface area contributed by atoms with Crippen molar-refractivity contribution in [2.45, 2.75) is 20.8 Å². The van der Waals surface area contributed by atoms with Gasteiger partial charge < -0.3 is 4.74 Å². The van der Waals surface area contributed by atoms with E-state index in [1.54, 1.807) is 6.08 Å². The molecule has 1 amide bonds. The highest BCUT2D eigenvalue weighted by atomic mass is 32.1. The van der Waals surface area contributed by atoms with Crippen molar-refractivity contribution in [3.8, 4) is 17.0 Å². The summed E-state index contributed by atoms with van der Waals surface area (Å²) < 4.78 is 5.41. The summed E-state index contributed by atoms with van der Waals surface area (Å²) in [7, 11) is 0. The van der Waals surface area contributed by atoms with Gasteiger partial charge in [0.25, 0.3) is 0 Å². The molecular formula is C22H22N2O2S. The van der Waals surface area contributed by atoms with Crippen LogP contribution in [0.4, 0.5) is 5.13 Å². The number of nitrogens with zero attached hydrogens (tertiary/aromatic N) is 1. The molecule has 0 fully saturated rings. The fraction of sp³-hybridized carbons (Fsp3) is 0.182. The first-order chi connectivity index (χ1) is 13.0. The lowest BCUT2D eigenvalue weighted by Crippen LogP contribution is -2.07. The summed E-state index contributed by atoms with van der Waals surface area (Å²) in [6, 6.07) is 13.9. The Bertz CT molecular complexity index is 959. The second-order valence-electron chi connectivity index (χ2n) is 6.18. The van der Waals surface area contributed by atoms with Crippen LogP contribution in [0.3, 0.4) is 0 Å². The molecule has 1 N–H and O–H groups in total. The molecule has 1 heterocycles. The van der Waals surface area contributed by atoms with E-state index < -0.39 is 0 Å². The number of aryl methyl sites for hydroxylation is 2. The number of carbonyl (C=O) groups excluding carboxylic acids is 1. The van der Waals surface area contributed by atoms with Crippen molar-refractivity contribution in [2.24, 2.45) is 0 Å². The van der Waals surface area contributed by atoms with E-state index in [1.807, 2.05) is 36.6 Å². The number of hydrogen-bond acceptors (Lipinski definition) is 4. The third kappa shape index (κ3) is 5.05. The number of rotatable bonds is 6. The quantitative estimate of drug-likeness (QED) is 0.578. The maximum atomic E-state index is 12.2. The van der Waals surface area contributed by atoms with E-state index in [2.05, 4.69) is 42.3 Å². The predicted molar refractivity (Wildman–Crippen MR) is 112 cm³/mol. The summed E-state index contributed by atoms with van der Waals surface area (Å²) in [5, 5.41) is 5.38. The van der Waals surface area contributed by atoms with Crippen molar-refractivity contribution in [3.63, 3.8) is 0 Å².